The molecule has 0 aliphatic heterocycles. The van der Waals surface area contributed by atoms with Crippen LogP contribution in [0.2, 0.25) is 0 Å². The summed E-state index contributed by atoms with van der Waals surface area (Å²) in [5.74, 6) is -0.187. The second-order valence-corrected chi connectivity index (χ2v) is 8.11. The molecule has 0 bridgehead atoms. The van der Waals surface area contributed by atoms with E-state index < -0.39 is 16.5 Å². The highest BCUT2D eigenvalue weighted by atomic mass is 32.2. The summed E-state index contributed by atoms with van der Waals surface area (Å²) in [4.78, 5) is 22.5. The number of amides is 2. The average molecular weight is 350 g/mol. The van der Waals surface area contributed by atoms with Crippen LogP contribution in [0.15, 0.2) is 30.8 Å². The first-order valence-electron chi connectivity index (χ1n) is 7.66. The number of carbonyl (C=O) groups is 2. The molecule has 0 saturated carbocycles. The van der Waals surface area contributed by atoms with Gasteiger partial charge >= 0.3 is 6.09 Å². The van der Waals surface area contributed by atoms with Crippen molar-refractivity contribution in [3.05, 3.63) is 42.0 Å². The summed E-state index contributed by atoms with van der Waals surface area (Å²) >= 11 is 0.901. The molecule has 0 heterocycles. The molecule has 0 fully saturated rings. The van der Waals surface area contributed by atoms with Crippen molar-refractivity contribution in [2.24, 2.45) is 0 Å². The van der Waals surface area contributed by atoms with Crippen LogP contribution in [-0.4, -0.2) is 16.9 Å². The van der Waals surface area contributed by atoms with Crippen LogP contribution in [0.4, 0.5) is 4.79 Å². The minimum Gasteiger partial charge on any atom is -0.373 e. The molecular formula is C18H26N2O3S. The molecule has 0 aromatic heterocycles. The molecule has 0 unspecified atom stereocenters. The lowest BCUT2D eigenvalue weighted by molar-refractivity contribution is -0.119. The van der Waals surface area contributed by atoms with Gasteiger partial charge in [-0.25, -0.2) is 4.79 Å². The summed E-state index contributed by atoms with van der Waals surface area (Å²) in [5.41, 5.74) is 2.33. The molecule has 5 nitrogen and oxygen atoms in total. The molecule has 0 aliphatic rings. The van der Waals surface area contributed by atoms with E-state index in [1.165, 1.54) is 6.92 Å². The van der Waals surface area contributed by atoms with Gasteiger partial charge in [-0.05, 0) is 51.8 Å². The van der Waals surface area contributed by atoms with Crippen LogP contribution < -0.4 is 10.6 Å². The summed E-state index contributed by atoms with van der Waals surface area (Å²) in [7, 11) is 0. The zero-order valence-electron chi connectivity index (χ0n) is 15.1. The molecule has 2 amide bonds. The Balaban J connectivity index is 2.73. The maximum Gasteiger partial charge on any atom is 0.420 e. The van der Waals surface area contributed by atoms with Gasteiger partial charge in [-0.15, -0.1) is 0 Å². The van der Waals surface area contributed by atoms with E-state index in [4.69, 9.17) is 4.18 Å². The monoisotopic (exact) mass is 350 g/mol. The zero-order valence-corrected chi connectivity index (χ0v) is 16.0. The van der Waals surface area contributed by atoms with Crippen LogP contribution in [0.5, 0.6) is 0 Å². The van der Waals surface area contributed by atoms with Gasteiger partial charge in [0.15, 0.2) is 0 Å². The second kappa shape index (κ2) is 7.75. The molecule has 0 atom stereocenters. The summed E-state index contributed by atoms with van der Waals surface area (Å²) in [6.07, 6.45) is -0.566. The van der Waals surface area contributed by atoms with Crippen molar-refractivity contribution < 1.29 is 13.8 Å². The fourth-order valence-corrected chi connectivity index (χ4v) is 2.62. The first kappa shape index (κ1) is 20.1. The summed E-state index contributed by atoms with van der Waals surface area (Å²) in [5, 5.41) is 5.54. The van der Waals surface area contributed by atoms with Crippen LogP contribution in [-0.2, 0) is 14.5 Å². The molecule has 1 rings (SSSR count). The second-order valence-electron chi connectivity index (χ2n) is 6.76. The Morgan fingerprint density at radius 3 is 2.29 bits per heavy atom. The van der Waals surface area contributed by atoms with Crippen molar-refractivity contribution >= 4 is 29.6 Å². The fourth-order valence-electron chi connectivity index (χ4n) is 2.11. The van der Waals surface area contributed by atoms with E-state index in [9.17, 15) is 9.59 Å². The summed E-state index contributed by atoms with van der Waals surface area (Å²) < 4.78 is 5.18. The zero-order chi connectivity index (χ0) is 18.5. The molecule has 24 heavy (non-hydrogen) atoms. The van der Waals surface area contributed by atoms with Crippen LogP contribution in [0.3, 0.4) is 0 Å². The summed E-state index contributed by atoms with van der Waals surface area (Å²) in [6.45, 7) is 14.6. The largest absolute Gasteiger partial charge is 0.420 e. The van der Waals surface area contributed by atoms with Crippen molar-refractivity contribution in [3.63, 3.8) is 0 Å². The highest BCUT2D eigenvalue weighted by Crippen LogP contribution is 2.26. The van der Waals surface area contributed by atoms with Gasteiger partial charge in [0.05, 0.1) is 17.6 Å². The number of hydrogen-bond donors (Lipinski definition) is 2. The van der Waals surface area contributed by atoms with Crippen molar-refractivity contribution in [1.29, 1.82) is 0 Å². The van der Waals surface area contributed by atoms with E-state index in [1.54, 1.807) is 13.8 Å². The van der Waals surface area contributed by atoms with Crippen LogP contribution >= 0.6 is 12.0 Å². The van der Waals surface area contributed by atoms with Crippen molar-refractivity contribution in [3.8, 4) is 0 Å². The fraction of sp³-hybridized carbons (Fsp3) is 0.444. The molecular weight excluding hydrogens is 324 g/mol. The number of benzene rings is 1. The predicted octanol–water partition coefficient (Wildman–Crippen LogP) is 4.20. The number of carbonyl (C=O) groups excluding carboxylic acids is 2. The third-order valence-electron chi connectivity index (χ3n) is 3.29. The first-order chi connectivity index (χ1) is 10.9. The maximum atomic E-state index is 12.1. The Kier molecular flexibility index (Phi) is 6.49. The lowest BCUT2D eigenvalue weighted by Crippen LogP contribution is -2.43. The number of allylic oxidation sites excluding steroid dienone is 1. The highest BCUT2D eigenvalue weighted by molar-refractivity contribution is 7.96. The highest BCUT2D eigenvalue weighted by Gasteiger charge is 2.27. The molecule has 2 N–H and O–H groups in total. The van der Waals surface area contributed by atoms with Gasteiger partial charge in [0, 0.05) is 6.92 Å². The summed E-state index contributed by atoms with van der Waals surface area (Å²) in [6, 6.07) is 7.85. The van der Waals surface area contributed by atoms with E-state index >= 15 is 0 Å². The van der Waals surface area contributed by atoms with E-state index in [2.05, 4.69) is 17.2 Å². The van der Waals surface area contributed by atoms with Gasteiger partial charge in [-0.2, -0.15) is 0 Å². The van der Waals surface area contributed by atoms with Crippen LogP contribution in [0.1, 0.15) is 52.7 Å². The minimum atomic E-state index is -0.701. The Hall–Kier alpha value is -1.95. The van der Waals surface area contributed by atoms with E-state index in [-0.39, 0.29) is 5.91 Å². The lowest BCUT2D eigenvalue weighted by Gasteiger charge is -2.28. The molecule has 0 aliphatic carbocycles. The Labute approximate surface area is 148 Å². The van der Waals surface area contributed by atoms with Crippen molar-refractivity contribution in [2.75, 3.05) is 0 Å². The smallest absolute Gasteiger partial charge is 0.373 e. The molecule has 1 aromatic carbocycles. The Morgan fingerprint density at radius 2 is 1.75 bits per heavy atom. The SMILES string of the molecule is C=C(C)c1cccc(C(C)(C)NC(=O)OSC(C)(C)NC(C)=O)c1. The molecule has 1 aromatic rings. The van der Waals surface area contributed by atoms with Gasteiger partial charge in [0.1, 0.15) is 4.87 Å². The van der Waals surface area contributed by atoms with E-state index in [1.807, 2.05) is 45.0 Å². The number of hydrogen-bond acceptors (Lipinski definition) is 4. The van der Waals surface area contributed by atoms with Crippen molar-refractivity contribution in [1.82, 2.24) is 10.6 Å². The van der Waals surface area contributed by atoms with E-state index in [0.717, 1.165) is 28.7 Å². The van der Waals surface area contributed by atoms with Gasteiger partial charge in [-0.3, -0.25) is 4.79 Å². The van der Waals surface area contributed by atoms with Gasteiger partial charge in [0.25, 0.3) is 0 Å². The van der Waals surface area contributed by atoms with Gasteiger partial charge in [-0.1, -0.05) is 30.4 Å². The first-order valence-corrected chi connectivity index (χ1v) is 8.40. The molecule has 6 heteroatoms. The maximum absolute atomic E-state index is 12.1. The average Bonchev–Trinajstić information content (AvgIpc) is 2.43. The van der Waals surface area contributed by atoms with Crippen LogP contribution in [0.25, 0.3) is 5.57 Å². The van der Waals surface area contributed by atoms with Gasteiger partial charge in [0.2, 0.25) is 5.91 Å². The molecule has 132 valence electrons. The third kappa shape index (κ3) is 6.28. The van der Waals surface area contributed by atoms with Gasteiger partial charge < -0.3 is 14.8 Å². The molecule has 0 saturated heterocycles. The quantitative estimate of drug-likeness (QED) is 0.596. The van der Waals surface area contributed by atoms with E-state index in [0.29, 0.717) is 0 Å². The predicted molar refractivity (Wildman–Crippen MR) is 99.3 cm³/mol. The third-order valence-corrected chi connectivity index (χ3v) is 4.05. The number of nitrogens with one attached hydrogen (secondary N) is 2. The normalized spacial score (nSPS) is 11.6. The Bertz CT molecular complexity index is 639. The molecule has 0 spiro atoms. The molecule has 0 radical (unpaired) electrons. The standard InChI is InChI=1S/C18H26N2O3S/c1-12(2)14-9-8-10-15(11-14)17(4,5)20-16(22)23-24-18(6,7)19-13(3)21/h8-11H,1H2,2-7H3,(H,19,21)(H,20,22). The van der Waals surface area contributed by atoms with Crippen molar-refractivity contribution in [2.45, 2.75) is 52.0 Å². The Morgan fingerprint density at radius 1 is 1.12 bits per heavy atom. The van der Waals surface area contributed by atoms with Crippen LogP contribution in [0, 0.1) is 0 Å². The minimum absolute atomic E-state index is 0.187. The topological polar surface area (TPSA) is 67.4 Å². The number of rotatable bonds is 6. The lowest BCUT2D eigenvalue weighted by atomic mass is 9.92.